The molecule has 1 aromatic heterocycles. The maximum atomic E-state index is 12.1. The Kier molecular flexibility index (Phi) is 7.12. The zero-order valence-electron chi connectivity index (χ0n) is 15.0. The first-order chi connectivity index (χ1) is 13.7. The number of nitrogens with zero attached hydrogens (tertiary/aromatic N) is 1. The molecule has 1 N–H and O–H groups in total. The molecule has 2 rings (SSSR count). The second kappa shape index (κ2) is 9.53. The molecule has 154 valence electrons. The van der Waals surface area contributed by atoms with E-state index in [9.17, 15) is 27.6 Å². The van der Waals surface area contributed by atoms with Crippen molar-refractivity contribution in [3.63, 3.8) is 0 Å². The Hall–Kier alpha value is -3.63. The van der Waals surface area contributed by atoms with Crippen molar-refractivity contribution in [3.8, 4) is 5.88 Å². The Morgan fingerprint density at radius 1 is 1.00 bits per heavy atom. The van der Waals surface area contributed by atoms with Crippen LogP contribution in [0.15, 0.2) is 42.6 Å². The number of carbonyl (C=O) groups is 3. The second-order valence-corrected chi connectivity index (χ2v) is 5.48. The molecule has 8 nitrogen and oxygen atoms in total. The van der Waals surface area contributed by atoms with E-state index in [1.165, 1.54) is 31.4 Å². The maximum Gasteiger partial charge on any atom is 0.422 e. The van der Waals surface area contributed by atoms with Crippen molar-refractivity contribution in [1.82, 2.24) is 4.98 Å². The van der Waals surface area contributed by atoms with Crippen LogP contribution in [0.3, 0.4) is 0 Å². The molecule has 11 heteroatoms. The van der Waals surface area contributed by atoms with E-state index in [0.717, 1.165) is 18.3 Å². The fourth-order valence-electron chi connectivity index (χ4n) is 1.96. The number of pyridine rings is 1. The highest BCUT2D eigenvalue weighted by molar-refractivity contribution is 5.96. The maximum absolute atomic E-state index is 12.1. The number of amides is 1. The summed E-state index contributed by atoms with van der Waals surface area (Å²) >= 11 is 0. The summed E-state index contributed by atoms with van der Waals surface area (Å²) in [6.45, 7) is -2.12. The number of anilines is 1. The number of rotatable bonds is 7. The van der Waals surface area contributed by atoms with Gasteiger partial charge < -0.3 is 19.5 Å². The van der Waals surface area contributed by atoms with Gasteiger partial charge in [-0.2, -0.15) is 13.2 Å². The number of aromatic nitrogens is 1. The number of benzene rings is 1. The normalized spacial score (nSPS) is 10.8. The van der Waals surface area contributed by atoms with Crippen LogP contribution >= 0.6 is 0 Å². The van der Waals surface area contributed by atoms with Gasteiger partial charge in [0.2, 0.25) is 5.88 Å². The van der Waals surface area contributed by atoms with E-state index in [2.05, 4.69) is 19.8 Å². The van der Waals surface area contributed by atoms with Crippen molar-refractivity contribution >= 4 is 23.5 Å². The van der Waals surface area contributed by atoms with Gasteiger partial charge in [0.05, 0.1) is 18.2 Å². The average molecular weight is 412 g/mol. The number of carbonyl (C=O) groups excluding carboxylic acids is 3. The van der Waals surface area contributed by atoms with Crippen molar-refractivity contribution in [1.29, 1.82) is 0 Å². The Balaban J connectivity index is 1.82. The number of esters is 2. The molecule has 0 radical (unpaired) electrons. The van der Waals surface area contributed by atoms with Crippen LogP contribution in [-0.4, -0.2) is 49.3 Å². The van der Waals surface area contributed by atoms with Crippen LogP contribution in [0.4, 0.5) is 18.9 Å². The third-order valence-electron chi connectivity index (χ3n) is 3.28. The molecule has 0 spiro atoms. The molecule has 1 aromatic carbocycles. The summed E-state index contributed by atoms with van der Waals surface area (Å²) in [5, 5.41) is 2.46. The standard InChI is InChI=1S/C18H15F3N2O6/c1-27-16(25)11-2-5-13(6-3-11)23-14(24)9-28-17(26)12-4-7-15(22-8-12)29-10-18(19,20)21/h2-8H,9-10H2,1H3,(H,23,24). The Morgan fingerprint density at radius 3 is 2.21 bits per heavy atom. The van der Waals surface area contributed by atoms with Gasteiger partial charge in [0, 0.05) is 18.0 Å². The lowest BCUT2D eigenvalue weighted by molar-refractivity contribution is -0.154. The molecule has 0 fully saturated rings. The quantitative estimate of drug-likeness (QED) is 0.697. The highest BCUT2D eigenvalue weighted by Crippen LogP contribution is 2.17. The molecule has 0 bridgehead atoms. The van der Waals surface area contributed by atoms with E-state index in [4.69, 9.17) is 4.74 Å². The van der Waals surface area contributed by atoms with E-state index in [-0.39, 0.29) is 11.4 Å². The predicted octanol–water partition coefficient (Wildman–Crippen LogP) is 2.60. The molecule has 1 heterocycles. The van der Waals surface area contributed by atoms with Gasteiger partial charge in [0.25, 0.3) is 5.91 Å². The van der Waals surface area contributed by atoms with Gasteiger partial charge >= 0.3 is 18.1 Å². The number of halogens is 3. The lowest BCUT2D eigenvalue weighted by Crippen LogP contribution is -2.21. The van der Waals surface area contributed by atoms with Gasteiger partial charge in [-0.25, -0.2) is 14.6 Å². The molecule has 1 amide bonds. The zero-order chi connectivity index (χ0) is 21.4. The molecule has 29 heavy (non-hydrogen) atoms. The van der Waals surface area contributed by atoms with Gasteiger partial charge in [-0.1, -0.05) is 0 Å². The Morgan fingerprint density at radius 2 is 1.66 bits per heavy atom. The smallest absolute Gasteiger partial charge is 0.422 e. The second-order valence-electron chi connectivity index (χ2n) is 5.48. The summed E-state index contributed by atoms with van der Waals surface area (Å²) in [5.74, 6) is -2.37. The van der Waals surface area contributed by atoms with Gasteiger partial charge in [-0.15, -0.1) is 0 Å². The van der Waals surface area contributed by atoms with E-state index >= 15 is 0 Å². The number of hydrogen-bond donors (Lipinski definition) is 1. The van der Waals surface area contributed by atoms with Crippen molar-refractivity contribution < 1.29 is 41.8 Å². The highest BCUT2D eigenvalue weighted by Gasteiger charge is 2.28. The van der Waals surface area contributed by atoms with E-state index in [0.29, 0.717) is 11.3 Å². The van der Waals surface area contributed by atoms with E-state index < -0.39 is 37.2 Å². The topological polar surface area (TPSA) is 104 Å². The van der Waals surface area contributed by atoms with Crippen molar-refractivity contribution in [2.45, 2.75) is 6.18 Å². The summed E-state index contributed by atoms with van der Waals surface area (Å²) in [6, 6.07) is 8.06. The minimum Gasteiger partial charge on any atom is -0.468 e. The number of methoxy groups -OCH3 is 1. The van der Waals surface area contributed by atoms with Crippen LogP contribution in [0.5, 0.6) is 5.88 Å². The number of nitrogens with one attached hydrogen (secondary N) is 1. The molecule has 0 saturated carbocycles. The van der Waals surface area contributed by atoms with Gasteiger partial charge in [-0.05, 0) is 30.3 Å². The van der Waals surface area contributed by atoms with Crippen LogP contribution < -0.4 is 10.1 Å². The minimum atomic E-state index is -4.51. The first-order valence-electron chi connectivity index (χ1n) is 7.99. The molecular weight excluding hydrogens is 397 g/mol. The average Bonchev–Trinajstić information content (AvgIpc) is 2.70. The number of alkyl halides is 3. The SMILES string of the molecule is COC(=O)c1ccc(NC(=O)COC(=O)c2ccc(OCC(F)(F)F)nc2)cc1. The molecule has 0 aliphatic rings. The van der Waals surface area contributed by atoms with Crippen LogP contribution in [0.25, 0.3) is 0 Å². The van der Waals surface area contributed by atoms with Crippen molar-refractivity contribution in [3.05, 3.63) is 53.7 Å². The monoisotopic (exact) mass is 412 g/mol. The Bertz CT molecular complexity index is 867. The molecule has 0 saturated heterocycles. The third-order valence-corrected chi connectivity index (χ3v) is 3.28. The zero-order valence-corrected chi connectivity index (χ0v) is 15.0. The predicted molar refractivity (Wildman–Crippen MR) is 92.5 cm³/mol. The largest absolute Gasteiger partial charge is 0.468 e. The van der Waals surface area contributed by atoms with Crippen LogP contribution in [0.2, 0.25) is 0 Å². The molecule has 0 aliphatic carbocycles. The molecule has 0 unspecified atom stereocenters. The van der Waals surface area contributed by atoms with Crippen LogP contribution in [-0.2, 0) is 14.3 Å². The first kappa shape index (κ1) is 21.7. The summed E-state index contributed by atoms with van der Waals surface area (Å²) in [5.41, 5.74) is 0.596. The van der Waals surface area contributed by atoms with Gasteiger partial charge in [-0.3, -0.25) is 4.79 Å². The van der Waals surface area contributed by atoms with E-state index in [1.54, 1.807) is 0 Å². The van der Waals surface area contributed by atoms with Crippen LogP contribution in [0.1, 0.15) is 20.7 Å². The van der Waals surface area contributed by atoms with E-state index in [1.807, 2.05) is 0 Å². The summed E-state index contributed by atoms with van der Waals surface area (Å²) < 4.78 is 50.0. The molecule has 0 atom stereocenters. The fourth-order valence-corrected chi connectivity index (χ4v) is 1.96. The van der Waals surface area contributed by atoms with Crippen molar-refractivity contribution in [2.24, 2.45) is 0 Å². The third kappa shape index (κ3) is 7.13. The van der Waals surface area contributed by atoms with Gasteiger partial charge in [0.15, 0.2) is 13.2 Å². The number of ether oxygens (including phenoxy) is 3. The fraction of sp³-hybridized carbons (Fsp3) is 0.222. The summed E-state index contributed by atoms with van der Waals surface area (Å²) in [4.78, 5) is 38.6. The summed E-state index contributed by atoms with van der Waals surface area (Å²) in [7, 11) is 1.24. The molecule has 0 aliphatic heterocycles. The van der Waals surface area contributed by atoms with Crippen LogP contribution in [0, 0.1) is 0 Å². The molecule has 2 aromatic rings. The van der Waals surface area contributed by atoms with Crippen molar-refractivity contribution in [2.75, 3.05) is 25.6 Å². The molecular formula is C18H15F3N2O6. The highest BCUT2D eigenvalue weighted by atomic mass is 19.4. The lowest BCUT2D eigenvalue weighted by atomic mass is 10.2. The lowest BCUT2D eigenvalue weighted by Gasteiger charge is -2.09. The van der Waals surface area contributed by atoms with Gasteiger partial charge in [0.1, 0.15) is 0 Å². The Labute approximate surface area is 162 Å². The number of hydrogen-bond acceptors (Lipinski definition) is 7. The minimum absolute atomic E-state index is 0.0698. The summed E-state index contributed by atoms with van der Waals surface area (Å²) in [6.07, 6.45) is -3.54. The first-order valence-corrected chi connectivity index (χ1v) is 7.99.